The third-order valence-electron chi connectivity index (χ3n) is 4.90. The predicted octanol–water partition coefficient (Wildman–Crippen LogP) is 3.51. The first kappa shape index (κ1) is 19.6. The first-order valence-corrected chi connectivity index (χ1v) is 9.76. The molecule has 0 N–H and O–H groups in total. The van der Waals surface area contributed by atoms with Crippen LogP contribution in [-0.2, 0) is 0 Å². The van der Waals surface area contributed by atoms with Crippen molar-refractivity contribution >= 4 is 11.4 Å². The van der Waals surface area contributed by atoms with Gasteiger partial charge in [0.15, 0.2) is 0 Å². The van der Waals surface area contributed by atoms with Crippen molar-refractivity contribution in [3.63, 3.8) is 0 Å². The third-order valence-corrected chi connectivity index (χ3v) is 4.90. The van der Waals surface area contributed by atoms with Crippen LogP contribution >= 0.6 is 0 Å². The number of aromatic nitrogens is 4. The van der Waals surface area contributed by atoms with Crippen molar-refractivity contribution in [2.75, 3.05) is 14.1 Å². The highest BCUT2D eigenvalue weighted by atomic mass is 16.2. The fourth-order valence-corrected chi connectivity index (χ4v) is 3.41. The van der Waals surface area contributed by atoms with E-state index in [1.54, 1.807) is 36.9 Å². The van der Waals surface area contributed by atoms with Gasteiger partial charge in [0.2, 0.25) is 0 Å². The molecule has 152 valence electrons. The second-order valence-electron chi connectivity index (χ2n) is 7.63. The molecule has 7 nitrogen and oxygen atoms in total. The van der Waals surface area contributed by atoms with Crippen LogP contribution in [0.2, 0.25) is 0 Å². The molecule has 0 fully saturated rings. The first-order chi connectivity index (χ1) is 14.4. The number of amides is 1. The molecule has 1 aromatic carbocycles. The molecule has 0 saturated carbocycles. The van der Waals surface area contributed by atoms with Gasteiger partial charge in [-0.25, -0.2) is 9.20 Å². The van der Waals surface area contributed by atoms with Gasteiger partial charge in [-0.1, -0.05) is 30.3 Å². The second kappa shape index (κ2) is 7.59. The standard InChI is InChI=1S/C23H23N5O2/c1-15(2)28-20(29)13-11-18(24-28)21-19-12-10-17(23(30)26(3)4)14-27(19)25-22(21)16-8-6-5-7-9-16/h5-15H,1-4H3. The van der Waals surface area contributed by atoms with E-state index >= 15 is 0 Å². The molecule has 0 aliphatic heterocycles. The number of hydrogen-bond acceptors (Lipinski definition) is 4. The summed E-state index contributed by atoms with van der Waals surface area (Å²) >= 11 is 0. The summed E-state index contributed by atoms with van der Waals surface area (Å²) in [6, 6.07) is 16.7. The second-order valence-corrected chi connectivity index (χ2v) is 7.63. The zero-order valence-corrected chi connectivity index (χ0v) is 17.4. The topological polar surface area (TPSA) is 72.5 Å². The Kier molecular flexibility index (Phi) is 4.95. The monoisotopic (exact) mass is 401 g/mol. The lowest BCUT2D eigenvalue weighted by atomic mass is 10.0. The Hall–Kier alpha value is -3.74. The number of hydrogen-bond donors (Lipinski definition) is 0. The van der Waals surface area contributed by atoms with Crippen LogP contribution in [0.1, 0.15) is 30.2 Å². The number of benzene rings is 1. The normalized spacial score (nSPS) is 11.2. The van der Waals surface area contributed by atoms with Gasteiger partial charge in [-0.3, -0.25) is 9.59 Å². The van der Waals surface area contributed by atoms with Crippen molar-refractivity contribution in [1.82, 2.24) is 24.3 Å². The molecule has 1 amide bonds. The Morgan fingerprint density at radius 2 is 1.70 bits per heavy atom. The van der Waals surface area contributed by atoms with E-state index in [1.807, 2.05) is 50.2 Å². The zero-order chi connectivity index (χ0) is 21.4. The van der Waals surface area contributed by atoms with Crippen LogP contribution in [0.15, 0.2) is 65.6 Å². The van der Waals surface area contributed by atoms with Crippen LogP contribution in [-0.4, -0.2) is 44.3 Å². The molecule has 0 aliphatic rings. The summed E-state index contributed by atoms with van der Waals surface area (Å²) in [6.07, 6.45) is 1.73. The summed E-state index contributed by atoms with van der Waals surface area (Å²) in [6.45, 7) is 3.84. The van der Waals surface area contributed by atoms with Gasteiger partial charge in [0.25, 0.3) is 11.5 Å². The van der Waals surface area contributed by atoms with Crippen molar-refractivity contribution in [1.29, 1.82) is 0 Å². The fraction of sp³-hybridized carbons (Fsp3) is 0.217. The van der Waals surface area contributed by atoms with Crippen molar-refractivity contribution in [3.8, 4) is 22.5 Å². The van der Waals surface area contributed by atoms with Gasteiger partial charge in [0, 0.05) is 31.9 Å². The van der Waals surface area contributed by atoms with Gasteiger partial charge < -0.3 is 4.90 Å². The molecular formula is C23H23N5O2. The summed E-state index contributed by atoms with van der Waals surface area (Å²) in [5.74, 6) is -0.0957. The summed E-state index contributed by atoms with van der Waals surface area (Å²) in [5, 5.41) is 9.39. The van der Waals surface area contributed by atoms with Gasteiger partial charge in [-0.05, 0) is 32.0 Å². The summed E-state index contributed by atoms with van der Waals surface area (Å²) in [4.78, 5) is 26.2. The third kappa shape index (κ3) is 3.39. The number of fused-ring (bicyclic) bond motifs is 1. The van der Waals surface area contributed by atoms with Gasteiger partial charge in [0.1, 0.15) is 5.69 Å². The van der Waals surface area contributed by atoms with E-state index in [4.69, 9.17) is 5.10 Å². The predicted molar refractivity (Wildman–Crippen MR) is 117 cm³/mol. The number of carbonyl (C=O) groups is 1. The molecule has 4 aromatic rings. The average Bonchev–Trinajstić information content (AvgIpc) is 3.12. The van der Waals surface area contributed by atoms with E-state index in [-0.39, 0.29) is 17.5 Å². The number of carbonyl (C=O) groups excluding carboxylic acids is 1. The Bertz CT molecular complexity index is 1290. The summed E-state index contributed by atoms with van der Waals surface area (Å²) < 4.78 is 3.18. The Balaban J connectivity index is 2.00. The highest BCUT2D eigenvalue weighted by Gasteiger charge is 2.20. The minimum Gasteiger partial charge on any atom is -0.345 e. The highest BCUT2D eigenvalue weighted by Crippen LogP contribution is 2.34. The van der Waals surface area contributed by atoms with E-state index in [0.29, 0.717) is 11.3 Å². The van der Waals surface area contributed by atoms with Crippen molar-refractivity contribution in [2.45, 2.75) is 19.9 Å². The van der Waals surface area contributed by atoms with Crippen molar-refractivity contribution in [3.05, 3.63) is 76.7 Å². The molecule has 0 bridgehead atoms. The SMILES string of the molecule is CC(C)n1nc(-c2c(-c3ccccc3)nn3cc(C(=O)N(C)C)ccc23)ccc1=O. The molecule has 0 spiro atoms. The number of rotatable bonds is 4. The van der Waals surface area contributed by atoms with Crippen LogP contribution in [0.4, 0.5) is 0 Å². The lowest BCUT2D eigenvalue weighted by Gasteiger charge is -2.11. The van der Waals surface area contributed by atoms with Crippen LogP contribution in [0.3, 0.4) is 0 Å². The molecule has 0 radical (unpaired) electrons. The smallest absolute Gasteiger partial charge is 0.267 e. The average molecular weight is 401 g/mol. The number of nitrogens with zero attached hydrogens (tertiary/aromatic N) is 5. The molecule has 0 atom stereocenters. The largest absolute Gasteiger partial charge is 0.345 e. The van der Waals surface area contributed by atoms with E-state index in [2.05, 4.69) is 5.10 Å². The van der Waals surface area contributed by atoms with E-state index in [0.717, 1.165) is 22.3 Å². The maximum absolute atomic E-state index is 12.4. The van der Waals surface area contributed by atoms with Crippen LogP contribution < -0.4 is 5.56 Å². The van der Waals surface area contributed by atoms with Gasteiger partial charge in [0.05, 0.1) is 28.4 Å². The van der Waals surface area contributed by atoms with E-state index in [9.17, 15) is 9.59 Å². The quantitative estimate of drug-likeness (QED) is 0.525. The number of pyridine rings is 1. The van der Waals surface area contributed by atoms with E-state index < -0.39 is 0 Å². The molecule has 3 heterocycles. The van der Waals surface area contributed by atoms with Crippen molar-refractivity contribution < 1.29 is 4.79 Å². The minimum absolute atomic E-state index is 0.0659. The molecule has 0 aliphatic carbocycles. The maximum Gasteiger partial charge on any atom is 0.267 e. The molecule has 4 rings (SSSR count). The summed E-state index contributed by atoms with van der Waals surface area (Å²) in [7, 11) is 3.44. The highest BCUT2D eigenvalue weighted by molar-refractivity contribution is 5.96. The Labute approximate surface area is 174 Å². The maximum atomic E-state index is 12.4. The molecule has 3 aromatic heterocycles. The lowest BCUT2D eigenvalue weighted by Crippen LogP contribution is -2.23. The zero-order valence-electron chi connectivity index (χ0n) is 17.4. The van der Waals surface area contributed by atoms with Gasteiger partial charge in [-0.2, -0.15) is 10.2 Å². The fourth-order valence-electron chi connectivity index (χ4n) is 3.41. The first-order valence-electron chi connectivity index (χ1n) is 9.76. The van der Waals surface area contributed by atoms with Crippen LogP contribution in [0.25, 0.3) is 28.0 Å². The molecule has 0 saturated heterocycles. The summed E-state index contributed by atoms with van der Waals surface area (Å²) in [5.41, 5.74) is 4.35. The van der Waals surface area contributed by atoms with Crippen LogP contribution in [0, 0.1) is 0 Å². The molecule has 7 heteroatoms. The van der Waals surface area contributed by atoms with Gasteiger partial charge >= 0.3 is 0 Å². The van der Waals surface area contributed by atoms with Crippen molar-refractivity contribution in [2.24, 2.45) is 0 Å². The lowest BCUT2D eigenvalue weighted by molar-refractivity contribution is 0.0827. The Morgan fingerprint density at radius 1 is 0.967 bits per heavy atom. The Morgan fingerprint density at radius 3 is 2.37 bits per heavy atom. The van der Waals surface area contributed by atoms with Crippen LogP contribution in [0.5, 0.6) is 0 Å². The molecule has 30 heavy (non-hydrogen) atoms. The van der Waals surface area contributed by atoms with Gasteiger partial charge in [-0.15, -0.1) is 0 Å². The van der Waals surface area contributed by atoms with E-state index in [1.165, 1.54) is 15.6 Å². The minimum atomic E-state index is -0.148. The molecule has 0 unspecified atom stereocenters. The molecular weight excluding hydrogens is 378 g/mol.